The average molecular weight is 310 g/mol. The highest BCUT2D eigenvalue weighted by Gasteiger charge is 2.09. The minimum Gasteiger partial charge on any atom is -0.497 e. The molecule has 1 aromatic heterocycles. The maximum absolute atomic E-state index is 12.0. The van der Waals surface area contributed by atoms with Crippen LogP contribution in [0.25, 0.3) is 10.9 Å². The van der Waals surface area contributed by atoms with Gasteiger partial charge in [0, 0.05) is 0 Å². The van der Waals surface area contributed by atoms with Crippen LogP contribution in [0.15, 0.2) is 53.3 Å². The first kappa shape index (κ1) is 14.8. The van der Waals surface area contributed by atoms with Crippen LogP contribution in [0.2, 0.25) is 0 Å². The van der Waals surface area contributed by atoms with Crippen molar-refractivity contribution in [2.24, 2.45) is 0 Å². The van der Waals surface area contributed by atoms with Crippen LogP contribution in [-0.4, -0.2) is 23.0 Å². The molecule has 23 heavy (non-hydrogen) atoms. The molecule has 6 nitrogen and oxygen atoms in total. The third-order valence-electron chi connectivity index (χ3n) is 3.33. The maximum atomic E-state index is 12.0. The summed E-state index contributed by atoms with van der Waals surface area (Å²) in [5.41, 5.74) is 0.701. The van der Waals surface area contributed by atoms with Crippen molar-refractivity contribution in [1.82, 2.24) is 9.97 Å². The fraction of sp³-hybridized carbons (Fsp3) is 0.118. The van der Waals surface area contributed by atoms with Gasteiger partial charge in [-0.25, -0.2) is 9.78 Å². The lowest BCUT2D eigenvalue weighted by Gasteiger charge is -2.06. The van der Waals surface area contributed by atoms with E-state index >= 15 is 0 Å². The summed E-state index contributed by atoms with van der Waals surface area (Å²) in [7, 11) is 1.55. The molecule has 0 aliphatic rings. The van der Waals surface area contributed by atoms with Gasteiger partial charge in [0.1, 0.15) is 18.2 Å². The predicted octanol–water partition coefficient (Wildman–Crippen LogP) is 2.29. The zero-order valence-electron chi connectivity index (χ0n) is 12.4. The maximum Gasteiger partial charge on any atom is 0.338 e. The highest BCUT2D eigenvalue weighted by molar-refractivity contribution is 5.89. The van der Waals surface area contributed by atoms with Gasteiger partial charge in [-0.05, 0) is 36.4 Å². The molecular formula is C17H14N2O4. The molecule has 2 aromatic carbocycles. The standard InChI is InChI=1S/C17H14N2O4/c1-22-12-8-6-11(7-9-12)17(21)23-10-15-18-14-5-3-2-4-13(14)16(20)19-15/h2-9H,10H2,1H3,(H,18,19,20). The van der Waals surface area contributed by atoms with Gasteiger partial charge in [0.05, 0.1) is 23.6 Å². The Balaban J connectivity index is 1.74. The Kier molecular flexibility index (Phi) is 4.05. The third kappa shape index (κ3) is 3.21. The second-order valence-corrected chi connectivity index (χ2v) is 4.83. The van der Waals surface area contributed by atoms with E-state index in [9.17, 15) is 9.59 Å². The summed E-state index contributed by atoms with van der Waals surface area (Å²) in [6.07, 6.45) is 0. The Morgan fingerprint density at radius 3 is 2.61 bits per heavy atom. The monoisotopic (exact) mass is 310 g/mol. The number of aromatic amines is 1. The second kappa shape index (κ2) is 6.31. The molecule has 0 bridgehead atoms. The molecule has 116 valence electrons. The molecule has 1 N–H and O–H groups in total. The Bertz CT molecular complexity index is 900. The number of carbonyl (C=O) groups excluding carboxylic acids is 1. The number of para-hydroxylation sites is 1. The van der Waals surface area contributed by atoms with Crippen LogP contribution >= 0.6 is 0 Å². The van der Waals surface area contributed by atoms with Crippen LogP contribution in [0.3, 0.4) is 0 Å². The molecule has 1 heterocycles. The van der Waals surface area contributed by atoms with Crippen LogP contribution in [0, 0.1) is 0 Å². The molecule has 3 aromatic rings. The molecule has 0 amide bonds. The van der Waals surface area contributed by atoms with E-state index in [0.29, 0.717) is 28.0 Å². The van der Waals surface area contributed by atoms with E-state index in [1.165, 1.54) is 0 Å². The van der Waals surface area contributed by atoms with Crippen LogP contribution in [0.4, 0.5) is 0 Å². The van der Waals surface area contributed by atoms with Gasteiger partial charge >= 0.3 is 5.97 Å². The van der Waals surface area contributed by atoms with Gasteiger partial charge in [-0.2, -0.15) is 0 Å². The third-order valence-corrected chi connectivity index (χ3v) is 3.33. The normalized spacial score (nSPS) is 10.5. The van der Waals surface area contributed by atoms with E-state index in [1.54, 1.807) is 55.6 Å². The summed E-state index contributed by atoms with van der Waals surface area (Å²) in [5.74, 6) is 0.459. The van der Waals surface area contributed by atoms with Crippen LogP contribution in [-0.2, 0) is 11.3 Å². The fourth-order valence-electron chi connectivity index (χ4n) is 2.15. The van der Waals surface area contributed by atoms with Crippen molar-refractivity contribution < 1.29 is 14.3 Å². The fourth-order valence-corrected chi connectivity index (χ4v) is 2.15. The number of aromatic nitrogens is 2. The lowest BCUT2D eigenvalue weighted by molar-refractivity contribution is 0.0462. The number of nitrogens with zero attached hydrogens (tertiary/aromatic N) is 1. The summed E-state index contributed by atoms with van der Waals surface area (Å²) >= 11 is 0. The number of methoxy groups -OCH3 is 1. The zero-order chi connectivity index (χ0) is 16.2. The molecular weight excluding hydrogens is 296 g/mol. The smallest absolute Gasteiger partial charge is 0.338 e. The van der Waals surface area contributed by atoms with Gasteiger partial charge in [-0.1, -0.05) is 12.1 Å². The van der Waals surface area contributed by atoms with Crippen LogP contribution < -0.4 is 10.3 Å². The summed E-state index contributed by atoms with van der Waals surface area (Å²) in [4.78, 5) is 30.8. The first-order valence-electron chi connectivity index (χ1n) is 6.96. The van der Waals surface area contributed by atoms with Crippen LogP contribution in [0.5, 0.6) is 5.75 Å². The second-order valence-electron chi connectivity index (χ2n) is 4.83. The number of hydrogen-bond donors (Lipinski definition) is 1. The van der Waals surface area contributed by atoms with Crippen molar-refractivity contribution in [3.63, 3.8) is 0 Å². The topological polar surface area (TPSA) is 81.3 Å². The van der Waals surface area contributed by atoms with Gasteiger partial charge < -0.3 is 14.5 Å². The largest absolute Gasteiger partial charge is 0.497 e. The van der Waals surface area contributed by atoms with Crippen molar-refractivity contribution in [1.29, 1.82) is 0 Å². The molecule has 0 aliphatic carbocycles. The summed E-state index contributed by atoms with van der Waals surface area (Å²) in [6, 6.07) is 13.5. The Labute approximate surface area is 131 Å². The molecule has 0 atom stereocenters. The number of nitrogens with one attached hydrogen (secondary N) is 1. The summed E-state index contributed by atoms with van der Waals surface area (Å²) < 4.78 is 10.2. The molecule has 0 radical (unpaired) electrons. The molecule has 0 fully saturated rings. The van der Waals surface area contributed by atoms with Gasteiger partial charge in [0.2, 0.25) is 0 Å². The molecule has 0 spiro atoms. The number of ether oxygens (including phenoxy) is 2. The number of fused-ring (bicyclic) bond motifs is 1. The number of carbonyl (C=O) groups is 1. The van der Waals surface area contributed by atoms with Crippen molar-refractivity contribution in [3.8, 4) is 5.75 Å². The first-order chi connectivity index (χ1) is 11.2. The molecule has 0 saturated carbocycles. The van der Waals surface area contributed by atoms with E-state index in [0.717, 1.165) is 0 Å². The average Bonchev–Trinajstić information content (AvgIpc) is 2.60. The van der Waals surface area contributed by atoms with E-state index in [1.807, 2.05) is 0 Å². The van der Waals surface area contributed by atoms with Crippen molar-refractivity contribution in [2.45, 2.75) is 6.61 Å². The zero-order valence-corrected chi connectivity index (χ0v) is 12.4. The van der Waals surface area contributed by atoms with Crippen LogP contribution in [0.1, 0.15) is 16.2 Å². The lowest BCUT2D eigenvalue weighted by Crippen LogP contribution is -2.14. The highest BCUT2D eigenvalue weighted by Crippen LogP contribution is 2.13. The van der Waals surface area contributed by atoms with Crippen molar-refractivity contribution >= 4 is 16.9 Å². The quantitative estimate of drug-likeness (QED) is 0.748. The number of hydrogen-bond acceptors (Lipinski definition) is 5. The van der Waals surface area contributed by atoms with E-state index < -0.39 is 5.97 Å². The minimum atomic E-state index is -0.497. The number of H-pyrrole nitrogens is 1. The van der Waals surface area contributed by atoms with Gasteiger partial charge in [0.25, 0.3) is 5.56 Å². The molecule has 0 unspecified atom stereocenters. The van der Waals surface area contributed by atoms with Crippen molar-refractivity contribution in [3.05, 3.63) is 70.3 Å². The Morgan fingerprint density at radius 2 is 1.87 bits per heavy atom. The summed E-state index contributed by atoms with van der Waals surface area (Å²) in [6.45, 7) is -0.106. The molecule has 0 saturated heterocycles. The Hall–Kier alpha value is -3.15. The molecule has 0 aliphatic heterocycles. The van der Waals surface area contributed by atoms with Crippen molar-refractivity contribution in [2.75, 3.05) is 7.11 Å². The van der Waals surface area contributed by atoms with Gasteiger partial charge in [-0.3, -0.25) is 4.79 Å². The number of rotatable bonds is 4. The lowest BCUT2D eigenvalue weighted by atomic mass is 10.2. The van der Waals surface area contributed by atoms with E-state index in [-0.39, 0.29) is 12.2 Å². The minimum absolute atomic E-state index is 0.106. The first-order valence-corrected chi connectivity index (χ1v) is 6.96. The molecule has 6 heteroatoms. The number of benzene rings is 2. The SMILES string of the molecule is COc1ccc(C(=O)OCc2nc3ccccc3c(=O)[nH]2)cc1. The Morgan fingerprint density at radius 1 is 1.13 bits per heavy atom. The van der Waals surface area contributed by atoms with E-state index in [4.69, 9.17) is 9.47 Å². The molecule has 3 rings (SSSR count). The highest BCUT2D eigenvalue weighted by atomic mass is 16.5. The van der Waals surface area contributed by atoms with E-state index in [2.05, 4.69) is 9.97 Å². The predicted molar refractivity (Wildman–Crippen MR) is 84.5 cm³/mol. The number of esters is 1. The van der Waals surface area contributed by atoms with Gasteiger partial charge in [-0.15, -0.1) is 0 Å². The summed E-state index contributed by atoms with van der Waals surface area (Å²) in [5, 5.41) is 0.498. The van der Waals surface area contributed by atoms with Gasteiger partial charge in [0.15, 0.2) is 0 Å².